The summed E-state index contributed by atoms with van der Waals surface area (Å²) >= 11 is 0. The van der Waals surface area contributed by atoms with Crippen LogP contribution >= 0.6 is 0 Å². The van der Waals surface area contributed by atoms with Crippen molar-refractivity contribution in [1.29, 1.82) is 0 Å². The molecule has 0 spiro atoms. The van der Waals surface area contributed by atoms with Crippen LogP contribution in [0.5, 0.6) is 0 Å². The zero-order valence-electron chi connectivity index (χ0n) is 18.7. The molecule has 0 fully saturated rings. The molecule has 33 heavy (non-hydrogen) atoms. The number of nitrogens with one attached hydrogen (secondary N) is 2. The highest BCUT2D eigenvalue weighted by Gasteiger charge is 2.15. The van der Waals surface area contributed by atoms with E-state index < -0.39 is 0 Å². The van der Waals surface area contributed by atoms with Crippen LogP contribution in [0.15, 0.2) is 85.1 Å². The molecule has 4 aromatic rings. The van der Waals surface area contributed by atoms with Gasteiger partial charge in [0.15, 0.2) is 5.82 Å². The highest BCUT2D eigenvalue weighted by molar-refractivity contribution is 6.05. The fourth-order valence-corrected chi connectivity index (χ4v) is 3.30. The van der Waals surface area contributed by atoms with E-state index in [1.807, 2.05) is 86.9 Å². The molecule has 2 aromatic heterocycles. The number of carbonyl (C=O) groups is 1. The number of para-hydroxylation sites is 1. The van der Waals surface area contributed by atoms with Crippen molar-refractivity contribution < 1.29 is 4.79 Å². The third-order valence-electron chi connectivity index (χ3n) is 4.97. The lowest BCUT2D eigenvalue weighted by Gasteiger charge is -2.14. The third-order valence-corrected chi connectivity index (χ3v) is 4.97. The Hall–Kier alpha value is -4.10. The van der Waals surface area contributed by atoms with Gasteiger partial charge in [-0.25, -0.2) is 9.97 Å². The van der Waals surface area contributed by atoms with E-state index in [1.165, 1.54) is 0 Å². The van der Waals surface area contributed by atoms with Gasteiger partial charge < -0.3 is 15.5 Å². The molecule has 0 saturated carbocycles. The summed E-state index contributed by atoms with van der Waals surface area (Å²) in [5, 5.41) is 6.30. The van der Waals surface area contributed by atoms with Gasteiger partial charge >= 0.3 is 0 Å². The van der Waals surface area contributed by atoms with Crippen LogP contribution in [0.3, 0.4) is 0 Å². The lowest BCUT2D eigenvalue weighted by Crippen LogP contribution is -2.22. The second-order valence-corrected chi connectivity index (χ2v) is 7.77. The number of benzene rings is 2. The first kappa shape index (κ1) is 22.1. The molecule has 0 aliphatic carbocycles. The van der Waals surface area contributed by atoms with Gasteiger partial charge in [0.2, 0.25) is 0 Å². The number of anilines is 2. The van der Waals surface area contributed by atoms with E-state index >= 15 is 0 Å². The molecule has 0 radical (unpaired) electrons. The van der Waals surface area contributed by atoms with Crippen LogP contribution in [-0.4, -0.2) is 52.9 Å². The van der Waals surface area contributed by atoms with Gasteiger partial charge in [-0.05, 0) is 32.3 Å². The smallest absolute Gasteiger partial charge is 0.274 e. The van der Waals surface area contributed by atoms with E-state index in [-0.39, 0.29) is 11.6 Å². The van der Waals surface area contributed by atoms with E-state index in [2.05, 4.69) is 30.5 Å². The molecule has 7 nitrogen and oxygen atoms in total. The van der Waals surface area contributed by atoms with Crippen LogP contribution in [0.1, 0.15) is 10.5 Å². The zero-order chi connectivity index (χ0) is 23.0. The maximum Gasteiger partial charge on any atom is 0.274 e. The van der Waals surface area contributed by atoms with E-state index in [0.717, 1.165) is 23.4 Å². The molecular weight excluding hydrogens is 412 g/mol. The van der Waals surface area contributed by atoms with Gasteiger partial charge in [0.25, 0.3) is 5.91 Å². The van der Waals surface area contributed by atoms with Crippen LogP contribution in [0.4, 0.5) is 11.5 Å². The Labute approximate surface area is 193 Å². The Morgan fingerprint density at radius 1 is 0.909 bits per heavy atom. The Morgan fingerprint density at radius 2 is 1.67 bits per heavy atom. The number of hydrogen-bond donors (Lipinski definition) is 2. The molecule has 0 unspecified atom stereocenters. The maximum absolute atomic E-state index is 13.3. The van der Waals surface area contributed by atoms with Crippen molar-refractivity contribution in [3.05, 3.63) is 90.8 Å². The first-order valence-corrected chi connectivity index (χ1v) is 10.7. The van der Waals surface area contributed by atoms with Crippen molar-refractivity contribution in [2.45, 2.75) is 0 Å². The summed E-state index contributed by atoms with van der Waals surface area (Å²) in [7, 11) is 4.02. The molecule has 1 amide bonds. The summed E-state index contributed by atoms with van der Waals surface area (Å²) in [6.45, 7) is 1.53. The van der Waals surface area contributed by atoms with E-state index in [9.17, 15) is 4.79 Å². The number of amides is 1. The summed E-state index contributed by atoms with van der Waals surface area (Å²) in [5.74, 6) is 0.788. The lowest BCUT2D eigenvalue weighted by molar-refractivity contribution is 0.102. The molecule has 0 saturated heterocycles. The van der Waals surface area contributed by atoms with Crippen LogP contribution in [0, 0.1) is 0 Å². The molecule has 0 atom stereocenters. The van der Waals surface area contributed by atoms with E-state index in [4.69, 9.17) is 0 Å². The van der Waals surface area contributed by atoms with Gasteiger partial charge in [0.05, 0.1) is 11.4 Å². The van der Waals surface area contributed by atoms with Crippen LogP contribution in [0.25, 0.3) is 22.6 Å². The maximum atomic E-state index is 13.3. The highest BCUT2D eigenvalue weighted by atomic mass is 16.1. The first-order valence-electron chi connectivity index (χ1n) is 10.7. The number of hydrogen-bond acceptors (Lipinski definition) is 6. The van der Waals surface area contributed by atoms with Crippen molar-refractivity contribution in [1.82, 2.24) is 19.9 Å². The van der Waals surface area contributed by atoms with Crippen molar-refractivity contribution in [3.63, 3.8) is 0 Å². The molecule has 166 valence electrons. The summed E-state index contributed by atoms with van der Waals surface area (Å²) in [6, 6.07) is 24.6. The van der Waals surface area contributed by atoms with Crippen molar-refractivity contribution in [2.24, 2.45) is 0 Å². The largest absolute Gasteiger partial charge is 0.369 e. The summed E-state index contributed by atoms with van der Waals surface area (Å²) in [6.07, 6.45) is 1.73. The van der Waals surface area contributed by atoms with Crippen LogP contribution in [-0.2, 0) is 0 Å². The minimum atomic E-state index is -0.311. The number of carbonyl (C=O) groups excluding carboxylic acids is 1. The van der Waals surface area contributed by atoms with Crippen LogP contribution in [0.2, 0.25) is 0 Å². The summed E-state index contributed by atoms with van der Waals surface area (Å²) < 4.78 is 0. The fraction of sp³-hybridized carbons (Fsp3) is 0.154. The molecule has 2 aromatic carbocycles. The Morgan fingerprint density at radius 3 is 2.42 bits per heavy atom. The normalized spacial score (nSPS) is 10.8. The standard InChI is InChI=1S/C26H26N6O/c1-32(2)17-16-28-24-18-23(29-25(31-24)19-10-4-3-5-11-19)26(33)30-22-14-7-6-12-20(22)21-13-8-9-15-27-21/h3-15,18H,16-17H2,1-2H3,(H,30,33)(H,28,29,31). The molecular formula is C26H26N6O. The number of nitrogens with zero attached hydrogens (tertiary/aromatic N) is 4. The van der Waals surface area contributed by atoms with Gasteiger partial charge in [-0.3, -0.25) is 9.78 Å². The minimum Gasteiger partial charge on any atom is -0.369 e. The average molecular weight is 439 g/mol. The molecule has 2 N–H and O–H groups in total. The highest BCUT2D eigenvalue weighted by Crippen LogP contribution is 2.26. The van der Waals surface area contributed by atoms with Crippen molar-refractivity contribution >= 4 is 17.4 Å². The zero-order valence-corrected chi connectivity index (χ0v) is 18.7. The van der Waals surface area contributed by atoms with Gasteiger partial charge in [0.1, 0.15) is 11.5 Å². The Balaban J connectivity index is 1.65. The van der Waals surface area contributed by atoms with Gasteiger partial charge in [-0.2, -0.15) is 0 Å². The van der Waals surface area contributed by atoms with Crippen LogP contribution < -0.4 is 10.6 Å². The Bertz CT molecular complexity index is 1210. The number of likely N-dealkylation sites (N-methyl/N-ethyl adjacent to an activating group) is 1. The summed E-state index contributed by atoms with van der Waals surface area (Å²) in [5.41, 5.74) is 3.42. The fourth-order valence-electron chi connectivity index (χ4n) is 3.30. The molecule has 2 heterocycles. The van der Waals surface area contributed by atoms with Gasteiger partial charge in [-0.15, -0.1) is 0 Å². The minimum absolute atomic E-state index is 0.284. The second-order valence-electron chi connectivity index (χ2n) is 7.77. The number of aromatic nitrogens is 3. The molecule has 4 rings (SSSR count). The van der Waals surface area contributed by atoms with E-state index in [1.54, 1.807) is 12.3 Å². The monoisotopic (exact) mass is 438 g/mol. The van der Waals surface area contributed by atoms with Crippen molar-refractivity contribution in [3.8, 4) is 22.6 Å². The lowest BCUT2D eigenvalue weighted by atomic mass is 10.1. The average Bonchev–Trinajstić information content (AvgIpc) is 2.85. The Kier molecular flexibility index (Phi) is 7.02. The second kappa shape index (κ2) is 10.5. The number of pyridine rings is 1. The first-order chi connectivity index (χ1) is 16.1. The van der Waals surface area contributed by atoms with Gasteiger partial charge in [-0.1, -0.05) is 54.6 Å². The van der Waals surface area contributed by atoms with Crippen molar-refractivity contribution in [2.75, 3.05) is 37.8 Å². The quantitative estimate of drug-likeness (QED) is 0.423. The number of rotatable bonds is 8. The molecule has 7 heteroatoms. The topological polar surface area (TPSA) is 83.0 Å². The summed E-state index contributed by atoms with van der Waals surface area (Å²) in [4.78, 5) is 28.9. The van der Waals surface area contributed by atoms with Gasteiger partial charge in [0, 0.05) is 36.5 Å². The molecule has 0 aliphatic heterocycles. The SMILES string of the molecule is CN(C)CCNc1cc(C(=O)Nc2ccccc2-c2ccccn2)nc(-c2ccccc2)n1. The predicted octanol–water partition coefficient (Wildman–Crippen LogP) is 4.43. The van der Waals surface area contributed by atoms with E-state index in [0.29, 0.717) is 23.9 Å². The molecule has 0 bridgehead atoms. The predicted molar refractivity (Wildman–Crippen MR) is 132 cm³/mol. The third kappa shape index (κ3) is 5.78. The molecule has 0 aliphatic rings.